The van der Waals surface area contributed by atoms with Gasteiger partial charge in [0.25, 0.3) is 0 Å². The van der Waals surface area contributed by atoms with E-state index >= 15 is 0 Å². The van der Waals surface area contributed by atoms with Crippen molar-refractivity contribution in [2.45, 2.75) is 129 Å². The molecule has 0 saturated carbocycles. The van der Waals surface area contributed by atoms with Crippen LogP contribution in [-0.2, 0) is 13.3 Å². The topological polar surface area (TPSA) is 47.9 Å². The highest BCUT2D eigenvalue weighted by atomic mass is 35.5. The van der Waals surface area contributed by atoms with Crippen LogP contribution in [0.25, 0.3) is 0 Å². The Bertz CT molecular complexity index is 391. The Morgan fingerprint density at radius 2 is 0.829 bits per heavy atom. The predicted octanol–water partition coefficient (Wildman–Crippen LogP) is 4.60. The van der Waals surface area contributed by atoms with Crippen LogP contribution in [0.4, 0.5) is 0 Å². The normalized spacial score (nSPS) is 11.7. The minimum atomic E-state index is -2.40. The first-order valence-corrected chi connectivity index (χ1v) is 16.4. The number of unbranched alkanes of at least 4 members (excludes halogenated alkanes) is 15. The second-order valence-corrected chi connectivity index (χ2v) is 13.5. The van der Waals surface area contributed by atoms with Gasteiger partial charge in [0.2, 0.25) is 0 Å². The lowest BCUT2D eigenvalue weighted by Gasteiger charge is -2.31. The number of aliphatic hydroxyl groups is 1. The maximum Gasteiger partial charge on any atom is 0.500 e. The smallest absolute Gasteiger partial charge is 0.500 e. The SMILES string of the molecule is CCCCCCCCCCCCCCCCCC[N+](C)(C)CCC[Si](OC)(OC)OC.CCO.[Cl-]. The van der Waals surface area contributed by atoms with Crippen molar-refractivity contribution in [2.24, 2.45) is 0 Å². The summed E-state index contributed by atoms with van der Waals surface area (Å²) in [4.78, 5) is 0. The first-order chi connectivity index (χ1) is 16.4. The average molecular weight is 542 g/mol. The van der Waals surface area contributed by atoms with E-state index in [-0.39, 0.29) is 19.0 Å². The zero-order valence-corrected chi connectivity index (χ0v) is 26.6. The summed E-state index contributed by atoms with van der Waals surface area (Å²) in [7, 11) is 7.40. The molecule has 0 aromatic carbocycles. The van der Waals surface area contributed by atoms with E-state index < -0.39 is 8.80 Å². The van der Waals surface area contributed by atoms with Crippen molar-refractivity contribution < 1.29 is 35.3 Å². The maximum absolute atomic E-state index is 7.57. The first-order valence-electron chi connectivity index (χ1n) is 14.4. The van der Waals surface area contributed by atoms with E-state index in [1.807, 2.05) is 0 Å². The van der Waals surface area contributed by atoms with E-state index in [0.29, 0.717) is 0 Å². The Balaban J connectivity index is -0.00000242. The molecule has 0 heterocycles. The van der Waals surface area contributed by atoms with Crippen LogP contribution in [0.3, 0.4) is 0 Å². The largest absolute Gasteiger partial charge is 1.00 e. The Morgan fingerprint density at radius 1 is 0.543 bits per heavy atom. The molecule has 0 aromatic rings. The third kappa shape index (κ3) is 27.2. The van der Waals surface area contributed by atoms with E-state index in [4.69, 9.17) is 18.4 Å². The van der Waals surface area contributed by atoms with Crippen LogP contribution < -0.4 is 12.4 Å². The molecule has 0 saturated heterocycles. The van der Waals surface area contributed by atoms with Gasteiger partial charge >= 0.3 is 8.80 Å². The van der Waals surface area contributed by atoms with Gasteiger partial charge < -0.3 is 35.3 Å². The lowest BCUT2D eigenvalue weighted by molar-refractivity contribution is -0.890. The summed E-state index contributed by atoms with van der Waals surface area (Å²) in [5.41, 5.74) is 0. The van der Waals surface area contributed by atoms with Crippen LogP contribution in [0.2, 0.25) is 6.04 Å². The molecule has 0 bridgehead atoms. The molecule has 0 aromatic heterocycles. The monoisotopic (exact) mass is 541 g/mol. The fourth-order valence-corrected chi connectivity index (χ4v) is 6.18. The minimum absolute atomic E-state index is 0. The summed E-state index contributed by atoms with van der Waals surface area (Å²) in [5, 5.41) is 7.57. The van der Waals surface area contributed by atoms with E-state index in [1.54, 1.807) is 28.3 Å². The Kier molecular flexibility index (Phi) is 32.8. The van der Waals surface area contributed by atoms with Crippen molar-refractivity contribution in [3.05, 3.63) is 0 Å². The van der Waals surface area contributed by atoms with E-state index in [0.717, 1.165) is 23.5 Å². The van der Waals surface area contributed by atoms with Gasteiger partial charge in [-0.2, -0.15) is 0 Å². The molecular weight excluding hydrogens is 478 g/mol. The predicted molar refractivity (Wildman–Crippen MR) is 150 cm³/mol. The molecule has 1 N–H and O–H groups in total. The molecule has 5 nitrogen and oxygen atoms in total. The number of hydrogen-bond acceptors (Lipinski definition) is 4. The van der Waals surface area contributed by atoms with E-state index in [9.17, 15) is 0 Å². The Labute approximate surface area is 228 Å². The van der Waals surface area contributed by atoms with Gasteiger partial charge in [0, 0.05) is 40.4 Å². The number of nitrogens with zero attached hydrogens (tertiary/aromatic N) is 1. The van der Waals surface area contributed by atoms with Gasteiger partial charge in [-0.1, -0.05) is 96.8 Å². The molecule has 0 aliphatic heterocycles. The highest BCUT2D eigenvalue weighted by Gasteiger charge is 2.37. The lowest BCUT2D eigenvalue weighted by atomic mass is 10.0. The van der Waals surface area contributed by atoms with Gasteiger partial charge in [-0.3, -0.25) is 0 Å². The molecule has 0 atom stereocenters. The van der Waals surface area contributed by atoms with Crippen LogP contribution >= 0.6 is 0 Å². The molecule has 7 heteroatoms. The molecule has 0 radical (unpaired) electrons. The fourth-order valence-electron chi connectivity index (χ4n) is 4.48. The molecule has 0 aliphatic carbocycles. The van der Waals surface area contributed by atoms with Crippen molar-refractivity contribution >= 4 is 8.80 Å². The molecular formula is C28H64ClNO4Si. The van der Waals surface area contributed by atoms with Crippen molar-refractivity contribution in [3.63, 3.8) is 0 Å². The number of halogens is 1. The molecule has 216 valence electrons. The van der Waals surface area contributed by atoms with E-state index in [1.165, 1.54) is 109 Å². The van der Waals surface area contributed by atoms with Gasteiger partial charge in [-0.05, 0) is 19.8 Å². The summed E-state index contributed by atoms with van der Waals surface area (Å²) in [6, 6.07) is 0.900. The zero-order valence-electron chi connectivity index (χ0n) is 24.8. The lowest BCUT2D eigenvalue weighted by Crippen LogP contribution is -3.00. The highest BCUT2D eigenvalue weighted by Crippen LogP contribution is 2.17. The van der Waals surface area contributed by atoms with Gasteiger partial charge in [0.15, 0.2) is 0 Å². The third-order valence-corrected chi connectivity index (χ3v) is 9.63. The quantitative estimate of drug-likeness (QED) is 0.110. The third-order valence-electron chi connectivity index (χ3n) is 6.80. The van der Waals surface area contributed by atoms with Crippen LogP contribution in [-0.4, -0.2) is 73.5 Å². The molecule has 0 spiro atoms. The van der Waals surface area contributed by atoms with Crippen LogP contribution in [0.5, 0.6) is 0 Å². The molecule has 35 heavy (non-hydrogen) atoms. The highest BCUT2D eigenvalue weighted by molar-refractivity contribution is 6.60. The fraction of sp³-hybridized carbons (Fsp3) is 1.00. The van der Waals surface area contributed by atoms with E-state index in [2.05, 4.69) is 21.0 Å². The molecule has 0 unspecified atom stereocenters. The molecule has 0 aliphatic rings. The number of aliphatic hydroxyl groups excluding tert-OH is 1. The minimum Gasteiger partial charge on any atom is -1.00 e. The standard InChI is InChI=1S/C26H58NO3Si.C2H6O.ClH/c1-7-8-9-10-11-12-13-14-15-16-17-18-19-20-21-22-24-27(2,3)25-23-26-31(28-4,29-5)30-6;1-2-3;/h7-26H2,1-6H3;3H,2H2,1H3;1H/q+1;;/p-1. The van der Waals surface area contributed by atoms with Gasteiger partial charge in [0.05, 0.1) is 27.2 Å². The number of quaternary nitrogens is 1. The van der Waals surface area contributed by atoms with Crippen molar-refractivity contribution in [1.29, 1.82) is 0 Å². The van der Waals surface area contributed by atoms with Crippen LogP contribution in [0.15, 0.2) is 0 Å². The van der Waals surface area contributed by atoms with Crippen molar-refractivity contribution in [2.75, 3.05) is 55.1 Å². The molecule has 0 amide bonds. The summed E-state index contributed by atoms with van der Waals surface area (Å²) >= 11 is 0. The second-order valence-electron chi connectivity index (χ2n) is 10.4. The Hall–Kier alpha value is 0.307. The van der Waals surface area contributed by atoms with Crippen LogP contribution in [0.1, 0.15) is 123 Å². The van der Waals surface area contributed by atoms with Gasteiger partial charge in [0.1, 0.15) is 0 Å². The molecule has 0 rings (SSSR count). The summed E-state index contributed by atoms with van der Waals surface area (Å²) in [5.74, 6) is 0. The van der Waals surface area contributed by atoms with Crippen molar-refractivity contribution in [3.8, 4) is 0 Å². The Morgan fingerprint density at radius 3 is 1.14 bits per heavy atom. The van der Waals surface area contributed by atoms with Crippen molar-refractivity contribution in [1.82, 2.24) is 0 Å². The molecule has 0 fully saturated rings. The summed E-state index contributed by atoms with van der Waals surface area (Å²) in [6.07, 6.45) is 24.0. The first kappa shape index (κ1) is 39.8. The average Bonchev–Trinajstić information content (AvgIpc) is 2.82. The maximum atomic E-state index is 7.57. The van der Waals surface area contributed by atoms with Gasteiger partial charge in [-0.15, -0.1) is 0 Å². The summed E-state index contributed by atoms with van der Waals surface area (Å²) in [6.45, 7) is 6.65. The zero-order chi connectivity index (χ0) is 26.0. The summed E-state index contributed by atoms with van der Waals surface area (Å²) < 4.78 is 17.7. The van der Waals surface area contributed by atoms with Crippen LogP contribution in [0, 0.1) is 0 Å². The second kappa shape index (κ2) is 28.9. The number of rotatable bonds is 24. The number of hydrogen-bond donors (Lipinski definition) is 1. The van der Waals surface area contributed by atoms with Gasteiger partial charge in [-0.25, -0.2) is 0 Å².